The molecule has 2 aliphatic heterocycles. The lowest BCUT2D eigenvalue weighted by molar-refractivity contribution is 0.0659. The zero-order valence-corrected chi connectivity index (χ0v) is 10.6. The molecule has 0 saturated carbocycles. The van der Waals surface area contributed by atoms with E-state index in [1.54, 1.807) is 0 Å². The van der Waals surface area contributed by atoms with Gasteiger partial charge in [0.15, 0.2) is 0 Å². The summed E-state index contributed by atoms with van der Waals surface area (Å²) >= 11 is 0. The molecule has 2 aliphatic rings. The molecule has 2 fully saturated rings. The van der Waals surface area contributed by atoms with Crippen LogP contribution in [0, 0.1) is 0 Å². The molecule has 0 aromatic carbocycles. The van der Waals surface area contributed by atoms with Crippen LogP contribution in [0.5, 0.6) is 0 Å². The normalized spacial score (nSPS) is 38.4. The van der Waals surface area contributed by atoms with Crippen molar-refractivity contribution in [2.75, 3.05) is 33.2 Å². The molecular weight excluding hydrogens is 186 g/mol. The number of hydrogen-bond donors (Lipinski definition) is 1. The first-order valence-corrected chi connectivity index (χ1v) is 6.17. The third-order valence-corrected chi connectivity index (χ3v) is 3.91. The Bertz CT molecular complexity index is 227. The van der Waals surface area contributed by atoms with Gasteiger partial charge in [-0.05, 0) is 34.2 Å². The summed E-state index contributed by atoms with van der Waals surface area (Å²) in [5.74, 6) is 0. The second kappa shape index (κ2) is 4.04. The van der Waals surface area contributed by atoms with Crippen molar-refractivity contribution in [3.63, 3.8) is 0 Å². The Kier molecular flexibility index (Phi) is 3.06. The molecule has 2 rings (SSSR count). The summed E-state index contributed by atoms with van der Waals surface area (Å²) in [5.41, 5.74) is 0.341. The zero-order valence-electron chi connectivity index (χ0n) is 10.6. The highest BCUT2D eigenvalue weighted by molar-refractivity contribution is 4.96. The van der Waals surface area contributed by atoms with Gasteiger partial charge in [0, 0.05) is 43.8 Å². The van der Waals surface area contributed by atoms with Crippen molar-refractivity contribution >= 4 is 0 Å². The summed E-state index contributed by atoms with van der Waals surface area (Å²) in [6.45, 7) is 11.8. The first-order valence-electron chi connectivity index (χ1n) is 6.17. The largest absolute Gasteiger partial charge is 0.310 e. The predicted molar refractivity (Wildman–Crippen MR) is 64.2 cm³/mol. The SMILES string of the molecule is CC1CN(C)CCN1C1CNC(C)(C)C1. The minimum Gasteiger partial charge on any atom is -0.310 e. The molecule has 0 amide bonds. The third kappa shape index (κ3) is 2.52. The van der Waals surface area contributed by atoms with Crippen LogP contribution in [0.1, 0.15) is 27.2 Å². The van der Waals surface area contributed by atoms with Crippen molar-refractivity contribution in [3.8, 4) is 0 Å². The second-order valence-electron chi connectivity index (χ2n) is 5.97. The van der Waals surface area contributed by atoms with Crippen molar-refractivity contribution in [2.24, 2.45) is 0 Å². The highest BCUT2D eigenvalue weighted by Gasteiger charge is 2.36. The van der Waals surface area contributed by atoms with Gasteiger partial charge >= 0.3 is 0 Å². The topological polar surface area (TPSA) is 18.5 Å². The van der Waals surface area contributed by atoms with Crippen LogP contribution in [0.2, 0.25) is 0 Å². The Balaban J connectivity index is 1.94. The van der Waals surface area contributed by atoms with Gasteiger partial charge in [0.05, 0.1) is 0 Å². The number of likely N-dealkylation sites (N-methyl/N-ethyl adjacent to an activating group) is 1. The maximum atomic E-state index is 3.62. The smallest absolute Gasteiger partial charge is 0.0242 e. The zero-order chi connectivity index (χ0) is 11.1. The maximum Gasteiger partial charge on any atom is 0.0242 e. The Hall–Kier alpha value is -0.120. The molecule has 15 heavy (non-hydrogen) atoms. The number of hydrogen-bond acceptors (Lipinski definition) is 3. The van der Waals surface area contributed by atoms with E-state index in [2.05, 4.69) is 42.9 Å². The lowest BCUT2D eigenvalue weighted by atomic mass is 9.99. The Morgan fingerprint density at radius 2 is 2.00 bits per heavy atom. The molecule has 2 heterocycles. The fourth-order valence-corrected chi connectivity index (χ4v) is 3.06. The van der Waals surface area contributed by atoms with Crippen LogP contribution in [0.15, 0.2) is 0 Å². The maximum absolute atomic E-state index is 3.62. The van der Waals surface area contributed by atoms with Crippen molar-refractivity contribution in [1.82, 2.24) is 15.1 Å². The van der Waals surface area contributed by atoms with E-state index >= 15 is 0 Å². The molecule has 0 radical (unpaired) electrons. The van der Waals surface area contributed by atoms with Crippen molar-refractivity contribution < 1.29 is 0 Å². The first kappa shape index (κ1) is 11.4. The fourth-order valence-electron chi connectivity index (χ4n) is 3.06. The van der Waals surface area contributed by atoms with Crippen LogP contribution in [0.3, 0.4) is 0 Å². The molecule has 1 N–H and O–H groups in total. The fraction of sp³-hybridized carbons (Fsp3) is 1.00. The lowest BCUT2D eigenvalue weighted by Crippen LogP contribution is -2.54. The monoisotopic (exact) mass is 211 g/mol. The molecule has 0 bridgehead atoms. The van der Waals surface area contributed by atoms with Gasteiger partial charge in [0.25, 0.3) is 0 Å². The summed E-state index contributed by atoms with van der Waals surface area (Å²) in [6.07, 6.45) is 1.29. The van der Waals surface area contributed by atoms with E-state index in [4.69, 9.17) is 0 Å². The summed E-state index contributed by atoms with van der Waals surface area (Å²) in [4.78, 5) is 5.14. The molecule has 0 aromatic heterocycles. The average molecular weight is 211 g/mol. The van der Waals surface area contributed by atoms with E-state index in [9.17, 15) is 0 Å². The van der Waals surface area contributed by atoms with Gasteiger partial charge in [-0.1, -0.05) is 0 Å². The highest BCUT2D eigenvalue weighted by Crippen LogP contribution is 2.24. The van der Waals surface area contributed by atoms with E-state index in [-0.39, 0.29) is 0 Å². The minimum atomic E-state index is 0.341. The van der Waals surface area contributed by atoms with Gasteiger partial charge in [-0.15, -0.1) is 0 Å². The molecule has 0 aliphatic carbocycles. The van der Waals surface area contributed by atoms with Crippen LogP contribution in [0.4, 0.5) is 0 Å². The number of nitrogens with zero attached hydrogens (tertiary/aromatic N) is 2. The van der Waals surface area contributed by atoms with Gasteiger partial charge in [0.1, 0.15) is 0 Å². The molecule has 3 nitrogen and oxygen atoms in total. The molecule has 2 unspecified atom stereocenters. The molecule has 3 heteroatoms. The summed E-state index contributed by atoms with van der Waals surface area (Å²) < 4.78 is 0. The number of nitrogens with one attached hydrogen (secondary N) is 1. The lowest BCUT2D eigenvalue weighted by Gasteiger charge is -2.41. The number of rotatable bonds is 1. The molecule has 88 valence electrons. The van der Waals surface area contributed by atoms with Crippen molar-refractivity contribution in [2.45, 2.75) is 44.8 Å². The van der Waals surface area contributed by atoms with E-state index in [1.807, 2.05) is 0 Å². The Morgan fingerprint density at radius 3 is 2.53 bits per heavy atom. The van der Waals surface area contributed by atoms with E-state index in [0.29, 0.717) is 11.6 Å². The quantitative estimate of drug-likeness (QED) is 0.691. The van der Waals surface area contributed by atoms with Crippen LogP contribution in [-0.4, -0.2) is 60.6 Å². The highest BCUT2D eigenvalue weighted by atomic mass is 15.3. The van der Waals surface area contributed by atoms with Gasteiger partial charge < -0.3 is 10.2 Å². The average Bonchev–Trinajstić information content (AvgIpc) is 2.46. The van der Waals surface area contributed by atoms with Gasteiger partial charge in [-0.3, -0.25) is 4.90 Å². The summed E-state index contributed by atoms with van der Waals surface area (Å²) in [7, 11) is 2.23. The first-order chi connectivity index (χ1) is 6.98. The van der Waals surface area contributed by atoms with Crippen LogP contribution < -0.4 is 5.32 Å². The second-order valence-corrected chi connectivity index (χ2v) is 5.97. The van der Waals surface area contributed by atoms with Crippen LogP contribution >= 0.6 is 0 Å². The Labute approximate surface area is 93.8 Å². The number of piperazine rings is 1. The van der Waals surface area contributed by atoms with Gasteiger partial charge in [0.2, 0.25) is 0 Å². The molecule has 0 spiro atoms. The van der Waals surface area contributed by atoms with Gasteiger partial charge in [-0.25, -0.2) is 0 Å². The summed E-state index contributed by atoms with van der Waals surface area (Å²) in [5, 5.41) is 3.62. The van der Waals surface area contributed by atoms with Gasteiger partial charge in [-0.2, -0.15) is 0 Å². The van der Waals surface area contributed by atoms with Crippen LogP contribution in [0.25, 0.3) is 0 Å². The molecule has 2 atom stereocenters. The van der Waals surface area contributed by atoms with Crippen molar-refractivity contribution in [1.29, 1.82) is 0 Å². The molecular formula is C12H25N3. The predicted octanol–water partition coefficient (Wildman–Crippen LogP) is 0.763. The third-order valence-electron chi connectivity index (χ3n) is 3.91. The summed E-state index contributed by atoms with van der Waals surface area (Å²) in [6, 6.07) is 1.47. The van der Waals surface area contributed by atoms with E-state index in [0.717, 1.165) is 6.04 Å². The Morgan fingerprint density at radius 1 is 1.27 bits per heavy atom. The molecule has 2 saturated heterocycles. The standard InChI is InChI=1S/C12H25N3/c1-10-9-14(4)5-6-15(10)11-7-12(2,3)13-8-11/h10-11,13H,5-9H2,1-4H3. The van der Waals surface area contributed by atoms with Crippen molar-refractivity contribution in [3.05, 3.63) is 0 Å². The van der Waals surface area contributed by atoms with E-state index in [1.165, 1.54) is 32.6 Å². The molecule has 0 aromatic rings. The minimum absolute atomic E-state index is 0.341. The van der Waals surface area contributed by atoms with Crippen LogP contribution in [-0.2, 0) is 0 Å². The van der Waals surface area contributed by atoms with E-state index < -0.39 is 0 Å².